The molecule has 82 valence electrons. The summed E-state index contributed by atoms with van der Waals surface area (Å²) in [5.74, 6) is 0.209. The summed E-state index contributed by atoms with van der Waals surface area (Å²) in [6.07, 6.45) is -0.260. The van der Waals surface area contributed by atoms with Crippen LogP contribution in [0.15, 0.2) is 24.3 Å². The summed E-state index contributed by atoms with van der Waals surface area (Å²) < 4.78 is 4.56. The maximum absolute atomic E-state index is 10.3. The molecule has 0 heterocycles. The van der Waals surface area contributed by atoms with E-state index >= 15 is 0 Å². The van der Waals surface area contributed by atoms with Crippen molar-refractivity contribution in [2.24, 2.45) is 11.5 Å². The van der Waals surface area contributed by atoms with Crippen molar-refractivity contribution in [3.8, 4) is 5.75 Å². The lowest BCUT2D eigenvalue weighted by molar-refractivity contribution is 0.149. The largest absolute Gasteiger partial charge is 0.508 e. The molecule has 5 heteroatoms. The highest BCUT2D eigenvalue weighted by molar-refractivity contribution is 5.64. The summed E-state index contributed by atoms with van der Waals surface area (Å²) in [6.45, 7) is 0.0935. The molecule has 1 amide bonds. The minimum Gasteiger partial charge on any atom is -0.508 e. The molecule has 0 aliphatic heterocycles. The fourth-order valence-corrected chi connectivity index (χ4v) is 1.18. The first kappa shape index (κ1) is 11.3. The van der Waals surface area contributed by atoms with Gasteiger partial charge < -0.3 is 21.3 Å². The fraction of sp³-hybridized carbons (Fsp3) is 0.300. The Morgan fingerprint density at radius 3 is 2.53 bits per heavy atom. The van der Waals surface area contributed by atoms with Crippen LogP contribution in [0.4, 0.5) is 4.79 Å². The van der Waals surface area contributed by atoms with Crippen LogP contribution in [-0.4, -0.2) is 23.8 Å². The van der Waals surface area contributed by atoms with E-state index in [-0.39, 0.29) is 18.4 Å². The summed E-state index contributed by atoms with van der Waals surface area (Å²) in [7, 11) is 0. The first-order valence-corrected chi connectivity index (χ1v) is 4.53. The molecule has 0 saturated carbocycles. The van der Waals surface area contributed by atoms with Gasteiger partial charge in [0, 0.05) is 6.04 Å². The molecule has 0 spiro atoms. The van der Waals surface area contributed by atoms with Crippen molar-refractivity contribution in [2.75, 3.05) is 6.61 Å². The van der Waals surface area contributed by atoms with Gasteiger partial charge in [0.05, 0.1) is 0 Å². The zero-order valence-corrected chi connectivity index (χ0v) is 8.22. The average Bonchev–Trinajstić information content (AvgIpc) is 2.19. The maximum Gasteiger partial charge on any atom is 0.404 e. The fourth-order valence-electron chi connectivity index (χ4n) is 1.18. The Labute approximate surface area is 87.6 Å². The maximum atomic E-state index is 10.3. The van der Waals surface area contributed by atoms with Crippen molar-refractivity contribution >= 4 is 6.09 Å². The van der Waals surface area contributed by atoms with E-state index in [2.05, 4.69) is 4.74 Å². The third kappa shape index (κ3) is 4.33. The molecule has 1 rings (SSSR count). The molecule has 15 heavy (non-hydrogen) atoms. The monoisotopic (exact) mass is 210 g/mol. The Bertz CT molecular complexity index is 324. The predicted octanol–water partition coefficient (Wildman–Crippen LogP) is 0.357. The van der Waals surface area contributed by atoms with Gasteiger partial charge >= 0.3 is 6.09 Å². The summed E-state index contributed by atoms with van der Waals surface area (Å²) in [5.41, 5.74) is 11.5. The number of phenols is 1. The van der Waals surface area contributed by atoms with Crippen LogP contribution in [0.1, 0.15) is 5.56 Å². The highest BCUT2D eigenvalue weighted by atomic mass is 16.5. The van der Waals surface area contributed by atoms with Gasteiger partial charge in [0.2, 0.25) is 0 Å². The Kier molecular flexibility index (Phi) is 3.93. The Balaban J connectivity index is 2.40. The van der Waals surface area contributed by atoms with Gasteiger partial charge in [-0.2, -0.15) is 0 Å². The number of hydrogen-bond donors (Lipinski definition) is 3. The number of primary amides is 1. The number of carbonyl (C=O) groups is 1. The van der Waals surface area contributed by atoms with Crippen molar-refractivity contribution in [1.29, 1.82) is 0 Å². The molecule has 1 atom stereocenters. The van der Waals surface area contributed by atoms with Crippen LogP contribution < -0.4 is 11.5 Å². The second kappa shape index (κ2) is 5.21. The molecule has 0 unspecified atom stereocenters. The smallest absolute Gasteiger partial charge is 0.404 e. The molecule has 0 radical (unpaired) electrons. The lowest BCUT2D eigenvalue weighted by atomic mass is 10.1. The molecule has 0 saturated heterocycles. The van der Waals surface area contributed by atoms with Gasteiger partial charge in [0.25, 0.3) is 0 Å². The molecule has 1 aromatic rings. The van der Waals surface area contributed by atoms with Gasteiger partial charge in [0.15, 0.2) is 0 Å². The third-order valence-electron chi connectivity index (χ3n) is 1.87. The van der Waals surface area contributed by atoms with E-state index in [0.29, 0.717) is 6.42 Å². The molecule has 5 nitrogen and oxygen atoms in total. The van der Waals surface area contributed by atoms with E-state index in [4.69, 9.17) is 16.6 Å². The van der Waals surface area contributed by atoms with E-state index < -0.39 is 6.09 Å². The summed E-state index contributed by atoms with van der Waals surface area (Å²) >= 11 is 0. The van der Waals surface area contributed by atoms with E-state index in [0.717, 1.165) is 5.56 Å². The molecule has 5 N–H and O–H groups in total. The number of amides is 1. The minimum atomic E-state index is -0.823. The van der Waals surface area contributed by atoms with Gasteiger partial charge in [-0.15, -0.1) is 0 Å². The number of hydrogen-bond acceptors (Lipinski definition) is 4. The molecular weight excluding hydrogens is 196 g/mol. The molecule has 0 aromatic heterocycles. The quantitative estimate of drug-likeness (QED) is 0.668. The Hall–Kier alpha value is -1.75. The summed E-state index contributed by atoms with van der Waals surface area (Å²) in [4.78, 5) is 10.3. The van der Waals surface area contributed by atoms with Gasteiger partial charge in [-0.25, -0.2) is 4.79 Å². The first-order valence-electron chi connectivity index (χ1n) is 4.53. The molecule has 0 bridgehead atoms. The van der Waals surface area contributed by atoms with Gasteiger partial charge in [0.1, 0.15) is 12.4 Å². The SMILES string of the molecule is NC(=O)OC[C@H](N)Cc1ccc(O)cc1. The standard InChI is InChI=1S/C10H14N2O3/c11-8(6-15-10(12)14)5-7-1-3-9(13)4-2-7/h1-4,8,13H,5-6,11H2,(H2,12,14)/t8-/m1/s1. The van der Waals surface area contributed by atoms with Gasteiger partial charge in [-0.05, 0) is 24.1 Å². The number of phenolic OH excluding ortho intramolecular Hbond substituents is 1. The molecule has 0 aliphatic carbocycles. The lowest BCUT2D eigenvalue weighted by Gasteiger charge is -2.10. The highest BCUT2D eigenvalue weighted by Crippen LogP contribution is 2.10. The zero-order valence-electron chi connectivity index (χ0n) is 8.22. The van der Waals surface area contributed by atoms with Crippen LogP contribution in [-0.2, 0) is 11.2 Å². The van der Waals surface area contributed by atoms with Crippen molar-refractivity contribution < 1.29 is 14.6 Å². The Morgan fingerprint density at radius 1 is 1.40 bits per heavy atom. The number of nitrogens with two attached hydrogens (primary N) is 2. The topological polar surface area (TPSA) is 98.6 Å². The molecule has 0 aliphatic rings. The summed E-state index contributed by atoms with van der Waals surface area (Å²) in [5, 5.41) is 9.05. The van der Waals surface area contributed by atoms with E-state index in [9.17, 15) is 4.79 Å². The van der Waals surface area contributed by atoms with Crippen molar-refractivity contribution in [3.05, 3.63) is 29.8 Å². The van der Waals surface area contributed by atoms with Crippen LogP contribution in [0.5, 0.6) is 5.75 Å². The van der Waals surface area contributed by atoms with Crippen LogP contribution in [0.3, 0.4) is 0 Å². The predicted molar refractivity (Wildman–Crippen MR) is 55.3 cm³/mol. The Morgan fingerprint density at radius 2 is 2.00 bits per heavy atom. The van der Waals surface area contributed by atoms with Crippen LogP contribution in [0.25, 0.3) is 0 Å². The van der Waals surface area contributed by atoms with Gasteiger partial charge in [-0.3, -0.25) is 0 Å². The average molecular weight is 210 g/mol. The first-order chi connectivity index (χ1) is 7.08. The van der Waals surface area contributed by atoms with Crippen LogP contribution in [0, 0.1) is 0 Å². The molecule has 0 fully saturated rings. The second-order valence-corrected chi connectivity index (χ2v) is 3.26. The highest BCUT2D eigenvalue weighted by Gasteiger charge is 2.06. The van der Waals surface area contributed by atoms with Crippen LogP contribution in [0.2, 0.25) is 0 Å². The second-order valence-electron chi connectivity index (χ2n) is 3.26. The van der Waals surface area contributed by atoms with E-state index in [1.165, 1.54) is 0 Å². The molecular formula is C10H14N2O3. The normalized spacial score (nSPS) is 12.1. The van der Waals surface area contributed by atoms with E-state index in [1.807, 2.05) is 0 Å². The number of benzene rings is 1. The van der Waals surface area contributed by atoms with Crippen molar-refractivity contribution in [1.82, 2.24) is 0 Å². The van der Waals surface area contributed by atoms with Crippen molar-refractivity contribution in [3.63, 3.8) is 0 Å². The zero-order chi connectivity index (χ0) is 11.3. The number of aromatic hydroxyl groups is 1. The number of rotatable bonds is 4. The molecule has 1 aromatic carbocycles. The van der Waals surface area contributed by atoms with Crippen molar-refractivity contribution in [2.45, 2.75) is 12.5 Å². The van der Waals surface area contributed by atoms with Crippen LogP contribution >= 0.6 is 0 Å². The van der Waals surface area contributed by atoms with E-state index in [1.54, 1.807) is 24.3 Å². The number of ether oxygens (including phenoxy) is 1. The van der Waals surface area contributed by atoms with Gasteiger partial charge in [-0.1, -0.05) is 12.1 Å². The third-order valence-corrected chi connectivity index (χ3v) is 1.87. The number of carbonyl (C=O) groups excluding carboxylic acids is 1. The minimum absolute atomic E-state index is 0.0935. The summed E-state index contributed by atoms with van der Waals surface area (Å²) in [6, 6.07) is 6.40. The lowest BCUT2D eigenvalue weighted by Crippen LogP contribution is -2.31.